The van der Waals surface area contributed by atoms with E-state index in [-0.39, 0.29) is 55.6 Å². The molecule has 0 amide bonds. The summed E-state index contributed by atoms with van der Waals surface area (Å²) in [6.45, 7) is 8.24. The fourth-order valence-corrected chi connectivity index (χ4v) is 3.57. The van der Waals surface area contributed by atoms with Gasteiger partial charge in [-0.3, -0.25) is 9.59 Å². The molecule has 2 atom stereocenters. The van der Waals surface area contributed by atoms with Crippen molar-refractivity contribution in [3.05, 3.63) is 33.7 Å². The Morgan fingerprint density at radius 1 is 1.12 bits per heavy atom. The Kier molecular flexibility index (Phi) is 11.5. The number of hydrogen-bond acceptors (Lipinski definition) is 9. The summed E-state index contributed by atoms with van der Waals surface area (Å²) in [6.07, 6.45) is -0.404. The Morgan fingerprint density at radius 3 is 2.50 bits per heavy atom. The molecule has 0 aliphatic rings. The molecule has 0 radical (unpaired) electrons. The lowest BCUT2D eigenvalue weighted by Crippen LogP contribution is -2.20. The van der Waals surface area contributed by atoms with Gasteiger partial charge in [0.15, 0.2) is 12.2 Å². The molecule has 0 spiro atoms. The molecule has 2 rings (SSSR count). The first-order valence-corrected chi connectivity index (χ1v) is 11.5. The molecule has 0 aliphatic heterocycles. The largest absolute Gasteiger partial charge is 0.496 e. The smallest absolute Gasteiger partial charge is 0.196 e. The fourth-order valence-electron chi connectivity index (χ4n) is 3.57. The minimum atomic E-state index is -0.874. The second-order valence-corrected chi connectivity index (χ2v) is 7.96. The molecule has 0 bridgehead atoms. The summed E-state index contributed by atoms with van der Waals surface area (Å²) in [7, 11) is 1.51. The molecule has 1 N–H and O–H groups in total. The number of ketones is 1. The Morgan fingerprint density at radius 2 is 1.82 bits per heavy atom. The van der Waals surface area contributed by atoms with E-state index in [4.69, 9.17) is 28.1 Å². The molecule has 0 fully saturated rings. The first-order valence-electron chi connectivity index (χ1n) is 11.5. The number of Topliss-reactive ketones (excluding diaryl/α,β-unsaturated/α-hetero) is 1. The van der Waals surface area contributed by atoms with E-state index in [1.54, 1.807) is 19.9 Å². The van der Waals surface area contributed by atoms with Crippen LogP contribution < -0.4 is 14.9 Å². The van der Waals surface area contributed by atoms with Crippen molar-refractivity contribution < 1.29 is 38.0 Å². The summed E-state index contributed by atoms with van der Waals surface area (Å²) in [5.41, 5.74) is 0.700. The van der Waals surface area contributed by atoms with Crippen LogP contribution >= 0.6 is 0 Å². The number of fused-ring (bicyclic) bond motifs is 1. The number of rotatable bonds is 16. The van der Waals surface area contributed by atoms with Gasteiger partial charge in [0, 0.05) is 43.8 Å². The first-order chi connectivity index (χ1) is 16.3. The highest BCUT2D eigenvalue weighted by molar-refractivity contribution is 5.87. The van der Waals surface area contributed by atoms with E-state index < -0.39 is 6.10 Å². The summed E-state index contributed by atoms with van der Waals surface area (Å²) in [5.74, 6) is 1.12. The molecule has 190 valence electrons. The van der Waals surface area contributed by atoms with Crippen molar-refractivity contribution in [1.29, 1.82) is 0 Å². The van der Waals surface area contributed by atoms with Crippen LogP contribution in [-0.2, 0) is 25.4 Å². The van der Waals surface area contributed by atoms with Crippen molar-refractivity contribution in [1.82, 2.24) is 0 Å². The zero-order chi connectivity index (χ0) is 25.1. The van der Waals surface area contributed by atoms with Gasteiger partial charge in [0.1, 0.15) is 40.8 Å². The van der Waals surface area contributed by atoms with Gasteiger partial charge in [0.25, 0.3) is 0 Å². The van der Waals surface area contributed by atoms with Crippen LogP contribution in [-0.4, -0.2) is 57.0 Å². The highest BCUT2D eigenvalue weighted by Crippen LogP contribution is 2.37. The summed E-state index contributed by atoms with van der Waals surface area (Å²) in [4.78, 5) is 25.1. The van der Waals surface area contributed by atoms with Gasteiger partial charge >= 0.3 is 0 Å². The fraction of sp³-hybridized carbons (Fsp3) is 0.600. The molecule has 1 aromatic carbocycles. The van der Waals surface area contributed by atoms with Gasteiger partial charge in [0.05, 0.1) is 19.3 Å². The van der Waals surface area contributed by atoms with E-state index in [1.165, 1.54) is 13.2 Å². The predicted molar refractivity (Wildman–Crippen MR) is 127 cm³/mol. The van der Waals surface area contributed by atoms with Crippen molar-refractivity contribution in [2.45, 2.75) is 65.6 Å². The number of benzene rings is 1. The lowest BCUT2D eigenvalue weighted by Gasteiger charge is -2.18. The molecule has 9 nitrogen and oxygen atoms in total. The van der Waals surface area contributed by atoms with Gasteiger partial charge in [-0.15, -0.1) is 0 Å². The SMILES string of the molecule is CCOCOc1c(CCC(O)CC(=O)C[C@H](C)OCOCC)c(OC)cc2oc(C)cc(=O)c12. The van der Waals surface area contributed by atoms with Crippen molar-refractivity contribution in [2.75, 3.05) is 33.9 Å². The average molecular weight is 481 g/mol. The predicted octanol–water partition coefficient (Wildman–Crippen LogP) is 3.52. The van der Waals surface area contributed by atoms with Crippen molar-refractivity contribution in [3.8, 4) is 11.5 Å². The summed E-state index contributed by atoms with van der Waals surface area (Å²) < 4.78 is 32.9. The number of hydrogen-bond donors (Lipinski definition) is 1. The maximum Gasteiger partial charge on any atom is 0.196 e. The maximum absolute atomic E-state index is 12.7. The van der Waals surface area contributed by atoms with Gasteiger partial charge in [0.2, 0.25) is 0 Å². The van der Waals surface area contributed by atoms with Crippen molar-refractivity contribution in [3.63, 3.8) is 0 Å². The van der Waals surface area contributed by atoms with Crippen LogP contribution in [0.1, 0.15) is 51.4 Å². The number of carbonyl (C=O) groups excluding carboxylic acids is 1. The van der Waals surface area contributed by atoms with Crippen LogP contribution in [0.2, 0.25) is 0 Å². The molecule has 1 aromatic heterocycles. The van der Waals surface area contributed by atoms with E-state index in [0.29, 0.717) is 48.0 Å². The number of aliphatic hydroxyl groups is 1. The maximum atomic E-state index is 12.7. The highest BCUT2D eigenvalue weighted by Gasteiger charge is 2.22. The second kappa shape index (κ2) is 14.1. The van der Waals surface area contributed by atoms with Crippen LogP contribution in [0.3, 0.4) is 0 Å². The third kappa shape index (κ3) is 8.09. The number of methoxy groups -OCH3 is 1. The van der Waals surface area contributed by atoms with Gasteiger partial charge < -0.3 is 33.2 Å². The second-order valence-electron chi connectivity index (χ2n) is 7.96. The molecule has 1 unspecified atom stereocenters. The third-order valence-corrected chi connectivity index (χ3v) is 5.22. The van der Waals surface area contributed by atoms with Crippen LogP contribution in [0.25, 0.3) is 11.0 Å². The Bertz CT molecular complexity index is 982. The zero-order valence-corrected chi connectivity index (χ0v) is 20.7. The van der Waals surface area contributed by atoms with Crippen LogP contribution in [0.5, 0.6) is 11.5 Å². The van der Waals surface area contributed by atoms with Gasteiger partial charge in [-0.25, -0.2) is 0 Å². The molecule has 9 heteroatoms. The molecule has 0 aliphatic carbocycles. The van der Waals surface area contributed by atoms with E-state index in [1.807, 2.05) is 13.8 Å². The van der Waals surface area contributed by atoms with Crippen molar-refractivity contribution >= 4 is 16.8 Å². The molecule has 1 heterocycles. The standard InChI is InChI=1S/C25H36O9/c1-6-30-14-32-16(3)10-19(27)12-18(26)8-9-20-22(29-5)13-23-24(21(28)11-17(4)34-23)25(20)33-15-31-7-2/h11,13,16,18,26H,6-10,12,14-15H2,1-5H3/t16-,18?/m0/s1. The lowest BCUT2D eigenvalue weighted by molar-refractivity contribution is -0.127. The number of aliphatic hydroxyl groups excluding tert-OH is 1. The molecular formula is C25H36O9. The lowest BCUT2D eigenvalue weighted by atomic mass is 9.98. The van der Waals surface area contributed by atoms with E-state index in [2.05, 4.69) is 0 Å². The molecule has 34 heavy (non-hydrogen) atoms. The molecule has 0 saturated carbocycles. The minimum absolute atomic E-state index is 0.00526. The quantitative estimate of drug-likeness (QED) is 0.285. The average Bonchev–Trinajstić information content (AvgIpc) is 2.77. The number of aryl methyl sites for hydroxylation is 1. The highest BCUT2D eigenvalue weighted by atomic mass is 16.7. The molecular weight excluding hydrogens is 444 g/mol. The van der Waals surface area contributed by atoms with E-state index in [9.17, 15) is 14.7 Å². The van der Waals surface area contributed by atoms with E-state index in [0.717, 1.165) is 0 Å². The summed E-state index contributed by atoms with van der Waals surface area (Å²) in [5, 5.41) is 10.8. The number of carbonyl (C=O) groups is 1. The summed E-state index contributed by atoms with van der Waals surface area (Å²) in [6, 6.07) is 3.04. The van der Waals surface area contributed by atoms with Gasteiger partial charge in [-0.05, 0) is 40.5 Å². The third-order valence-electron chi connectivity index (χ3n) is 5.22. The Hall–Kier alpha value is -2.46. The number of ether oxygens (including phenoxy) is 5. The monoisotopic (exact) mass is 480 g/mol. The van der Waals surface area contributed by atoms with Gasteiger partial charge in [-0.1, -0.05) is 0 Å². The van der Waals surface area contributed by atoms with Crippen molar-refractivity contribution in [2.24, 2.45) is 0 Å². The minimum Gasteiger partial charge on any atom is -0.496 e. The van der Waals surface area contributed by atoms with E-state index >= 15 is 0 Å². The zero-order valence-electron chi connectivity index (χ0n) is 20.7. The van der Waals surface area contributed by atoms with Crippen LogP contribution in [0.4, 0.5) is 0 Å². The molecule has 2 aromatic rings. The van der Waals surface area contributed by atoms with Gasteiger partial charge in [-0.2, -0.15) is 0 Å². The normalized spacial score (nSPS) is 13.1. The molecule has 0 saturated heterocycles. The van der Waals surface area contributed by atoms with Crippen LogP contribution in [0, 0.1) is 6.92 Å². The van der Waals surface area contributed by atoms with Crippen LogP contribution in [0.15, 0.2) is 21.3 Å². The Labute approximate surface area is 199 Å². The topological polar surface area (TPSA) is 114 Å². The summed E-state index contributed by atoms with van der Waals surface area (Å²) >= 11 is 0. The first kappa shape index (κ1) is 27.8. The Balaban J connectivity index is 2.17.